The Labute approximate surface area is 210 Å². The van der Waals surface area contributed by atoms with Crippen LogP contribution in [-0.4, -0.2) is 19.2 Å². The number of unbranched alkanes of at least 4 members (excludes halogenated alkanes) is 1. The Morgan fingerprint density at radius 3 is 2.14 bits per heavy atom. The first-order chi connectivity index (χ1) is 17.1. The van der Waals surface area contributed by atoms with Crippen LogP contribution in [0.25, 0.3) is 0 Å². The van der Waals surface area contributed by atoms with Gasteiger partial charge in [0.05, 0.1) is 0 Å². The highest BCUT2D eigenvalue weighted by Gasteiger charge is 2.15. The summed E-state index contributed by atoms with van der Waals surface area (Å²) in [5, 5.41) is 0. The van der Waals surface area contributed by atoms with Crippen LogP contribution in [0.3, 0.4) is 0 Å². The normalized spacial score (nSPS) is 13.4. The van der Waals surface area contributed by atoms with Crippen LogP contribution in [-0.2, 0) is 17.8 Å². The fourth-order valence-corrected chi connectivity index (χ4v) is 4.61. The number of benzene rings is 3. The Morgan fingerprint density at radius 1 is 0.886 bits per heavy atom. The van der Waals surface area contributed by atoms with Crippen LogP contribution in [0.5, 0.6) is 0 Å². The average Bonchev–Trinajstić information content (AvgIpc) is 2.91. The first-order valence-electron chi connectivity index (χ1n) is 12.7. The van der Waals surface area contributed by atoms with Gasteiger partial charge in [-0.1, -0.05) is 73.9 Å². The zero-order chi connectivity index (χ0) is 24.9. The number of hydrogen-bond acceptors (Lipinski definition) is 3. The summed E-state index contributed by atoms with van der Waals surface area (Å²) in [6.45, 7) is 0.807. The van der Waals surface area contributed by atoms with Crippen LogP contribution >= 0.6 is 0 Å². The van der Waals surface area contributed by atoms with E-state index >= 15 is 0 Å². The molecule has 4 nitrogen and oxygen atoms in total. The maximum atomic E-state index is 11.1. The van der Waals surface area contributed by atoms with E-state index in [4.69, 9.17) is 5.73 Å². The van der Waals surface area contributed by atoms with Gasteiger partial charge in [-0.05, 0) is 72.6 Å². The number of anilines is 1. The summed E-state index contributed by atoms with van der Waals surface area (Å²) >= 11 is 0. The fourth-order valence-electron chi connectivity index (χ4n) is 4.61. The predicted octanol–water partition coefficient (Wildman–Crippen LogP) is 6.68. The molecule has 4 rings (SSSR count). The van der Waals surface area contributed by atoms with Crippen molar-refractivity contribution in [1.82, 2.24) is 0 Å². The first-order valence-corrected chi connectivity index (χ1v) is 12.7. The Kier molecular flexibility index (Phi) is 10.6. The molecule has 3 aromatic rings. The van der Waals surface area contributed by atoms with Crippen LogP contribution in [0, 0.1) is 0 Å². The van der Waals surface area contributed by atoms with Gasteiger partial charge in [-0.25, -0.2) is 0 Å². The quantitative estimate of drug-likeness (QED) is 0.280. The molecule has 0 heterocycles. The number of nitrogens with zero attached hydrogens (tertiary/aromatic N) is 1. The molecule has 1 aliphatic rings. The van der Waals surface area contributed by atoms with Gasteiger partial charge in [-0.15, -0.1) is 0 Å². The third-order valence-electron chi connectivity index (χ3n) is 6.70. The second-order valence-electron chi connectivity index (χ2n) is 9.39. The Bertz CT molecular complexity index is 1020. The first kappa shape index (κ1) is 26.2. The molecule has 0 saturated heterocycles. The number of hydrogen-bond donors (Lipinski definition) is 1. The summed E-state index contributed by atoms with van der Waals surface area (Å²) in [4.78, 5) is 23.4. The lowest BCUT2D eigenvalue weighted by atomic mass is 9.84. The summed E-state index contributed by atoms with van der Waals surface area (Å²) in [6.07, 6.45) is 10.4. The molecule has 4 heteroatoms. The Morgan fingerprint density at radius 2 is 1.54 bits per heavy atom. The van der Waals surface area contributed by atoms with Crippen LogP contribution in [0.2, 0.25) is 0 Å². The summed E-state index contributed by atoms with van der Waals surface area (Å²) in [5.74, 6) is 0.368. The summed E-state index contributed by atoms with van der Waals surface area (Å²) in [7, 11) is 2.09. The van der Waals surface area contributed by atoms with Crippen molar-refractivity contribution in [2.45, 2.75) is 63.8 Å². The van der Waals surface area contributed by atoms with Gasteiger partial charge in [0.1, 0.15) is 6.29 Å². The highest BCUT2D eigenvalue weighted by Crippen LogP contribution is 2.33. The number of amides is 1. The van der Waals surface area contributed by atoms with Gasteiger partial charge in [0.15, 0.2) is 0 Å². The molecule has 0 radical (unpaired) electrons. The van der Waals surface area contributed by atoms with Crippen molar-refractivity contribution in [3.63, 3.8) is 0 Å². The molecule has 0 unspecified atom stereocenters. The number of nitrogens with two attached hydrogens (primary N) is 1. The third-order valence-corrected chi connectivity index (χ3v) is 6.70. The van der Waals surface area contributed by atoms with Gasteiger partial charge in [-0.3, -0.25) is 4.79 Å². The van der Waals surface area contributed by atoms with E-state index in [0.29, 0.717) is 12.0 Å². The second kappa shape index (κ2) is 14.1. The number of primary amides is 1. The smallest absolute Gasteiger partial charge is 0.248 e. The zero-order valence-corrected chi connectivity index (χ0v) is 20.9. The molecule has 1 fully saturated rings. The number of rotatable bonds is 9. The van der Waals surface area contributed by atoms with Crippen molar-refractivity contribution in [3.05, 3.63) is 101 Å². The molecule has 0 atom stereocenters. The minimum Gasteiger partial charge on any atom is -0.370 e. The third kappa shape index (κ3) is 8.71. The maximum absolute atomic E-state index is 11.1. The molecule has 0 aliphatic heterocycles. The lowest BCUT2D eigenvalue weighted by molar-refractivity contribution is -0.107. The molecule has 2 N–H and O–H groups in total. The van der Waals surface area contributed by atoms with Crippen molar-refractivity contribution < 1.29 is 9.59 Å². The van der Waals surface area contributed by atoms with Crippen LogP contribution in [0.1, 0.15) is 77.9 Å². The van der Waals surface area contributed by atoms with E-state index in [1.165, 1.54) is 54.5 Å². The van der Waals surface area contributed by atoms with Gasteiger partial charge in [0, 0.05) is 31.3 Å². The van der Waals surface area contributed by atoms with Crippen molar-refractivity contribution >= 4 is 17.9 Å². The zero-order valence-electron chi connectivity index (χ0n) is 20.9. The highest BCUT2D eigenvalue weighted by atomic mass is 16.1. The van der Waals surface area contributed by atoms with E-state index < -0.39 is 0 Å². The molecule has 1 aliphatic carbocycles. The molecule has 0 aromatic heterocycles. The second-order valence-corrected chi connectivity index (χ2v) is 9.39. The number of carbonyl (C=O) groups is 2. The molecule has 0 bridgehead atoms. The van der Waals surface area contributed by atoms with E-state index in [-0.39, 0.29) is 5.91 Å². The molecule has 35 heavy (non-hydrogen) atoms. The topological polar surface area (TPSA) is 63.4 Å². The van der Waals surface area contributed by atoms with E-state index in [0.717, 1.165) is 31.6 Å². The van der Waals surface area contributed by atoms with E-state index in [1.54, 1.807) is 12.1 Å². The standard InChI is InChI=1S/C21H26N2O.C10H12O/c1-23(15-16-7-9-19(10-8-16)21(22)24)20-13-11-18(12-14-20)17-5-3-2-4-6-17;11-9-5-4-8-10-6-2-1-3-7-10/h7-14,17H,2-6,15H2,1H3,(H2,22,24);1-3,6-7,9H,4-5,8H2. The molecule has 1 amide bonds. The lowest BCUT2D eigenvalue weighted by Gasteiger charge is -2.24. The van der Waals surface area contributed by atoms with Crippen molar-refractivity contribution in [2.24, 2.45) is 5.73 Å². The summed E-state index contributed by atoms with van der Waals surface area (Å²) in [5.41, 5.74) is 11.0. The Balaban J connectivity index is 0.000000261. The highest BCUT2D eigenvalue weighted by molar-refractivity contribution is 5.92. The minimum atomic E-state index is -0.381. The van der Waals surface area contributed by atoms with Gasteiger partial charge in [0.25, 0.3) is 0 Å². The molecule has 184 valence electrons. The number of aryl methyl sites for hydroxylation is 1. The van der Waals surface area contributed by atoms with Crippen LogP contribution in [0.15, 0.2) is 78.9 Å². The van der Waals surface area contributed by atoms with E-state index in [2.05, 4.69) is 48.3 Å². The predicted molar refractivity (Wildman–Crippen MR) is 145 cm³/mol. The molecular weight excluding hydrogens is 432 g/mol. The van der Waals surface area contributed by atoms with Gasteiger partial charge in [0.2, 0.25) is 5.91 Å². The maximum Gasteiger partial charge on any atom is 0.248 e. The van der Waals surface area contributed by atoms with E-state index in [1.807, 2.05) is 30.3 Å². The number of aldehydes is 1. The summed E-state index contributed by atoms with van der Waals surface area (Å²) < 4.78 is 0. The molecule has 1 saturated carbocycles. The van der Waals surface area contributed by atoms with Crippen LogP contribution < -0.4 is 10.6 Å². The monoisotopic (exact) mass is 470 g/mol. The largest absolute Gasteiger partial charge is 0.370 e. The minimum absolute atomic E-state index is 0.381. The van der Waals surface area contributed by atoms with Crippen LogP contribution in [0.4, 0.5) is 5.69 Å². The SMILES string of the molecule is CN(Cc1ccc(C(N)=O)cc1)c1ccc(C2CCCCC2)cc1.O=CCCCc1ccccc1. The van der Waals surface area contributed by atoms with Crippen molar-refractivity contribution in [2.75, 3.05) is 11.9 Å². The number of carbonyl (C=O) groups excluding carboxylic acids is 2. The lowest BCUT2D eigenvalue weighted by Crippen LogP contribution is -2.17. The average molecular weight is 471 g/mol. The van der Waals surface area contributed by atoms with E-state index in [9.17, 15) is 9.59 Å². The Hall–Kier alpha value is -3.40. The van der Waals surface area contributed by atoms with Gasteiger partial charge < -0.3 is 15.4 Å². The summed E-state index contributed by atoms with van der Waals surface area (Å²) in [6, 6.07) is 26.8. The van der Waals surface area contributed by atoms with Gasteiger partial charge >= 0.3 is 0 Å². The molecule has 0 spiro atoms. The molecule has 3 aromatic carbocycles. The van der Waals surface area contributed by atoms with Gasteiger partial charge in [-0.2, -0.15) is 0 Å². The van der Waals surface area contributed by atoms with Crippen molar-refractivity contribution in [3.8, 4) is 0 Å². The van der Waals surface area contributed by atoms with Crippen molar-refractivity contribution in [1.29, 1.82) is 0 Å². The molecular formula is C31H38N2O2. The fraction of sp³-hybridized carbons (Fsp3) is 0.355.